The number of thiazole rings is 1. The van der Waals surface area contributed by atoms with Crippen LogP contribution in [0, 0.1) is 11.6 Å². The van der Waals surface area contributed by atoms with Gasteiger partial charge in [-0.1, -0.05) is 6.07 Å². The summed E-state index contributed by atoms with van der Waals surface area (Å²) in [5, 5.41) is 8.97. The van der Waals surface area contributed by atoms with Crippen LogP contribution in [-0.4, -0.2) is 41.3 Å². The van der Waals surface area contributed by atoms with Crippen molar-refractivity contribution in [1.82, 2.24) is 19.9 Å². The molecule has 0 fully saturated rings. The highest BCUT2D eigenvalue weighted by Gasteiger charge is 2.17. The third kappa shape index (κ3) is 4.06. The number of halogens is 2. The van der Waals surface area contributed by atoms with Gasteiger partial charge in [0.1, 0.15) is 17.2 Å². The van der Waals surface area contributed by atoms with Crippen molar-refractivity contribution in [2.24, 2.45) is 0 Å². The number of fused-ring (bicyclic) bond motifs is 1. The van der Waals surface area contributed by atoms with E-state index < -0.39 is 23.1 Å². The zero-order valence-electron chi connectivity index (χ0n) is 16.7. The van der Waals surface area contributed by atoms with Crippen molar-refractivity contribution >= 4 is 22.2 Å². The number of nitrogens with zero attached hydrogens (tertiary/aromatic N) is 3. The average molecular weight is 444 g/mol. The van der Waals surface area contributed by atoms with E-state index in [0.29, 0.717) is 28.7 Å². The molecule has 4 aromatic rings. The molecule has 0 saturated carbocycles. The summed E-state index contributed by atoms with van der Waals surface area (Å²) >= 11 is 1.41. The minimum absolute atomic E-state index is 0.185. The zero-order chi connectivity index (χ0) is 22.0. The Morgan fingerprint density at radius 1 is 1.13 bits per heavy atom. The summed E-state index contributed by atoms with van der Waals surface area (Å²) in [4.78, 5) is 17.4. The van der Waals surface area contributed by atoms with Gasteiger partial charge in [-0.05, 0) is 30.3 Å². The van der Waals surface area contributed by atoms with Crippen LogP contribution in [-0.2, 0) is 6.42 Å². The summed E-state index contributed by atoms with van der Waals surface area (Å²) in [5.74, 6) is -0.896. The summed E-state index contributed by atoms with van der Waals surface area (Å²) in [6.07, 6.45) is 0.413. The molecule has 0 saturated heterocycles. The summed E-state index contributed by atoms with van der Waals surface area (Å²) in [6, 6.07) is 8.72. The van der Waals surface area contributed by atoms with Crippen LogP contribution in [0.3, 0.4) is 0 Å². The number of ether oxygens (including phenoxy) is 2. The van der Waals surface area contributed by atoms with E-state index in [1.54, 1.807) is 30.9 Å². The van der Waals surface area contributed by atoms with Crippen molar-refractivity contribution in [3.63, 3.8) is 0 Å². The summed E-state index contributed by atoms with van der Waals surface area (Å²) in [6.45, 7) is 0.185. The summed E-state index contributed by atoms with van der Waals surface area (Å²) in [7, 11) is 3.12. The van der Waals surface area contributed by atoms with Crippen molar-refractivity contribution in [2.45, 2.75) is 6.42 Å². The lowest BCUT2D eigenvalue weighted by Gasteiger charge is -2.08. The van der Waals surface area contributed by atoms with Crippen molar-refractivity contribution in [1.29, 1.82) is 0 Å². The lowest BCUT2D eigenvalue weighted by Crippen LogP contribution is -2.27. The molecular formula is C21H18F2N4O3S. The molecule has 0 aliphatic carbocycles. The third-order valence-corrected chi connectivity index (χ3v) is 5.51. The first-order chi connectivity index (χ1) is 15.0. The second kappa shape index (κ2) is 8.68. The average Bonchev–Trinajstić information content (AvgIpc) is 3.35. The number of nitrogens with one attached hydrogen (secondary N) is 1. The molecular weight excluding hydrogens is 426 g/mol. The molecule has 0 aliphatic heterocycles. The number of aromatic nitrogens is 3. The molecule has 2 aromatic carbocycles. The molecule has 31 heavy (non-hydrogen) atoms. The Balaban J connectivity index is 1.49. The van der Waals surface area contributed by atoms with Gasteiger partial charge in [0.05, 0.1) is 19.9 Å². The van der Waals surface area contributed by atoms with Gasteiger partial charge in [-0.15, -0.1) is 16.4 Å². The van der Waals surface area contributed by atoms with Crippen LogP contribution in [0.2, 0.25) is 0 Å². The van der Waals surface area contributed by atoms with Crippen LogP contribution in [0.1, 0.15) is 16.1 Å². The van der Waals surface area contributed by atoms with Crippen LogP contribution in [0.15, 0.2) is 41.8 Å². The lowest BCUT2D eigenvalue weighted by molar-refractivity contribution is 0.0945. The molecule has 10 heteroatoms. The Morgan fingerprint density at radius 2 is 1.87 bits per heavy atom. The van der Waals surface area contributed by atoms with Crippen LogP contribution in [0.5, 0.6) is 11.5 Å². The van der Waals surface area contributed by atoms with E-state index >= 15 is 0 Å². The van der Waals surface area contributed by atoms with Gasteiger partial charge in [-0.2, -0.15) is 4.98 Å². The standard InChI is InChI=1S/C21H18F2N4O3S/c1-29-16-7-6-12(10-17(16)30-2)19-25-21-27(26-19)13(11-31-21)8-9-24-20(28)18-14(22)4-3-5-15(18)23/h3-7,10-11H,8-9H2,1-2H3,(H,24,28). The fourth-order valence-electron chi connectivity index (χ4n) is 3.10. The van der Waals surface area contributed by atoms with Gasteiger partial charge in [0.2, 0.25) is 4.96 Å². The molecule has 0 unspecified atom stereocenters. The van der Waals surface area contributed by atoms with Crippen LogP contribution in [0.25, 0.3) is 16.3 Å². The smallest absolute Gasteiger partial charge is 0.257 e. The maximum Gasteiger partial charge on any atom is 0.257 e. The quantitative estimate of drug-likeness (QED) is 0.470. The minimum atomic E-state index is -0.897. The first-order valence-electron chi connectivity index (χ1n) is 9.29. The van der Waals surface area contributed by atoms with Gasteiger partial charge in [0.15, 0.2) is 17.3 Å². The number of carbonyl (C=O) groups is 1. The van der Waals surface area contributed by atoms with Crippen molar-refractivity contribution in [3.05, 3.63) is 64.7 Å². The second-order valence-corrected chi connectivity index (χ2v) is 7.37. The molecule has 0 atom stereocenters. The SMILES string of the molecule is COc1ccc(-c2nc3scc(CCNC(=O)c4c(F)cccc4F)n3n2)cc1OC. The van der Waals surface area contributed by atoms with E-state index in [1.165, 1.54) is 17.4 Å². The lowest BCUT2D eigenvalue weighted by atomic mass is 10.2. The molecule has 0 spiro atoms. The van der Waals surface area contributed by atoms with E-state index in [4.69, 9.17) is 9.47 Å². The highest BCUT2D eigenvalue weighted by Crippen LogP contribution is 2.31. The van der Waals surface area contributed by atoms with Crippen molar-refractivity contribution < 1.29 is 23.0 Å². The molecule has 1 N–H and O–H groups in total. The number of amides is 1. The first kappa shape index (κ1) is 20.7. The predicted molar refractivity (Wildman–Crippen MR) is 112 cm³/mol. The molecule has 4 rings (SSSR count). The largest absolute Gasteiger partial charge is 0.493 e. The Hall–Kier alpha value is -3.53. The van der Waals surface area contributed by atoms with E-state index in [9.17, 15) is 13.6 Å². The van der Waals surface area contributed by atoms with Gasteiger partial charge in [0, 0.05) is 23.9 Å². The van der Waals surface area contributed by atoms with Gasteiger partial charge >= 0.3 is 0 Å². The van der Waals surface area contributed by atoms with E-state index in [1.807, 2.05) is 11.4 Å². The van der Waals surface area contributed by atoms with Crippen LogP contribution in [0.4, 0.5) is 8.78 Å². The van der Waals surface area contributed by atoms with E-state index in [-0.39, 0.29) is 6.54 Å². The highest BCUT2D eigenvalue weighted by atomic mass is 32.1. The maximum absolute atomic E-state index is 13.7. The Bertz CT molecular complexity index is 1230. The molecule has 0 aliphatic rings. The number of carbonyl (C=O) groups excluding carboxylic acids is 1. The molecule has 2 heterocycles. The molecule has 7 nitrogen and oxygen atoms in total. The molecule has 1 amide bonds. The first-order valence-corrected chi connectivity index (χ1v) is 10.2. The van der Waals surface area contributed by atoms with E-state index in [2.05, 4.69) is 15.4 Å². The number of methoxy groups -OCH3 is 2. The highest BCUT2D eigenvalue weighted by molar-refractivity contribution is 7.15. The maximum atomic E-state index is 13.7. The van der Waals surface area contributed by atoms with Gasteiger partial charge in [-0.25, -0.2) is 13.3 Å². The van der Waals surface area contributed by atoms with Gasteiger partial charge < -0.3 is 14.8 Å². The second-order valence-electron chi connectivity index (χ2n) is 6.53. The Labute approximate surface area is 180 Å². The Kier molecular flexibility index (Phi) is 5.81. The molecule has 0 bridgehead atoms. The van der Waals surface area contributed by atoms with Crippen molar-refractivity contribution in [2.75, 3.05) is 20.8 Å². The topological polar surface area (TPSA) is 77.8 Å². The Morgan fingerprint density at radius 3 is 2.58 bits per heavy atom. The number of hydrogen-bond acceptors (Lipinski definition) is 6. The van der Waals surface area contributed by atoms with Crippen LogP contribution >= 0.6 is 11.3 Å². The number of hydrogen-bond donors (Lipinski definition) is 1. The summed E-state index contributed by atoms with van der Waals surface area (Å²) < 4.78 is 39.7. The normalized spacial score (nSPS) is 11.0. The van der Waals surface area contributed by atoms with Crippen molar-refractivity contribution in [3.8, 4) is 22.9 Å². The summed E-state index contributed by atoms with van der Waals surface area (Å²) in [5.41, 5.74) is 0.992. The fourth-order valence-corrected chi connectivity index (χ4v) is 3.96. The van der Waals surface area contributed by atoms with Gasteiger partial charge in [0.25, 0.3) is 5.91 Å². The zero-order valence-corrected chi connectivity index (χ0v) is 17.5. The van der Waals surface area contributed by atoms with Gasteiger partial charge in [-0.3, -0.25) is 4.79 Å². The molecule has 0 radical (unpaired) electrons. The number of rotatable bonds is 7. The van der Waals surface area contributed by atoms with Crippen LogP contribution < -0.4 is 14.8 Å². The number of benzene rings is 2. The fraction of sp³-hybridized carbons (Fsp3) is 0.190. The molecule has 2 aromatic heterocycles. The predicted octanol–water partition coefficient (Wildman–Crippen LogP) is 3.73. The minimum Gasteiger partial charge on any atom is -0.493 e. The molecule has 160 valence electrons. The third-order valence-electron chi connectivity index (χ3n) is 4.65. The monoisotopic (exact) mass is 444 g/mol. The van der Waals surface area contributed by atoms with E-state index in [0.717, 1.165) is 23.4 Å².